The van der Waals surface area contributed by atoms with Crippen LogP contribution in [0.15, 0.2) is 29.8 Å². The van der Waals surface area contributed by atoms with E-state index in [1.54, 1.807) is 38.5 Å². The molecule has 2 amide bonds. The standard InChI is InChI=1S/C22H32N2O4/c1-15(22(2,3)4)13-20(25)23-17-9-11-24(12-10-17)21(26)16-7-8-18(27-5)19(14-16)28-6/h7-8,13-14,17H,9-12H2,1-6H3,(H,23,25)/b15-13+. The molecule has 0 unspecified atom stereocenters. The van der Waals surface area contributed by atoms with Gasteiger partial charge in [0.25, 0.3) is 5.91 Å². The summed E-state index contributed by atoms with van der Waals surface area (Å²) in [5, 5.41) is 3.06. The van der Waals surface area contributed by atoms with Crippen molar-refractivity contribution in [1.82, 2.24) is 10.2 Å². The zero-order chi connectivity index (χ0) is 20.9. The monoisotopic (exact) mass is 388 g/mol. The van der Waals surface area contributed by atoms with E-state index in [0.717, 1.165) is 18.4 Å². The number of amides is 2. The number of ether oxygens (including phenoxy) is 2. The molecule has 1 heterocycles. The van der Waals surface area contributed by atoms with E-state index >= 15 is 0 Å². The van der Waals surface area contributed by atoms with Gasteiger partial charge in [0.1, 0.15) is 0 Å². The van der Waals surface area contributed by atoms with Crippen LogP contribution in [0.25, 0.3) is 0 Å². The normalized spacial score (nSPS) is 15.9. The van der Waals surface area contributed by atoms with Gasteiger partial charge < -0.3 is 19.7 Å². The number of allylic oxidation sites excluding steroid dienone is 1. The van der Waals surface area contributed by atoms with Crippen LogP contribution in [0.5, 0.6) is 11.5 Å². The first-order chi connectivity index (χ1) is 13.2. The van der Waals surface area contributed by atoms with Crippen molar-refractivity contribution >= 4 is 11.8 Å². The summed E-state index contributed by atoms with van der Waals surface area (Å²) in [6.07, 6.45) is 3.17. The first-order valence-corrected chi connectivity index (χ1v) is 9.66. The number of piperidine rings is 1. The Bertz CT molecular complexity index is 741. The zero-order valence-electron chi connectivity index (χ0n) is 17.8. The fourth-order valence-corrected chi connectivity index (χ4v) is 3.03. The number of methoxy groups -OCH3 is 2. The second-order valence-electron chi connectivity index (χ2n) is 8.22. The molecule has 1 aromatic carbocycles. The van der Waals surface area contributed by atoms with Gasteiger partial charge >= 0.3 is 0 Å². The van der Waals surface area contributed by atoms with Crippen LogP contribution >= 0.6 is 0 Å². The zero-order valence-corrected chi connectivity index (χ0v) is 17.8. The van der Waals surface area contributed by atoms with Crippen molar-refractivity contribution < 1.29 is 19.1 Å². The molecule has 0 aromatic heterocycles. The third-order valence-corrected chi connectivity index (χ3v) is 5.29. The minimum absolute atomic E-state index is 0.0213. The Balaban J connectivity index is 1.93. The van der Waals surface area contributed by atoms with Gasteiger partial charge in [-0.2, -0.15) is 0 Å². The number of carbonyl (C=O) groups excluding carboxylic acids is 2. The summed E-state index contributed by atoms with van der Waals surface area (Å²) in [5.74, 6) is 1.04. The topological polar surface area (TPSA) is 67.9 Å². The van der Waals surface area contributed by atoms with Crippen molar-refractivity contribution in [2.24, 2.45) is 5.41 Å². The molecule has 28 heavy (non-hydrogen) atoms. The highest BCUT2D eigenvalue weighted by molar-refractivity contribution is 5.95. The summed E-state index contributed by atoms with van der Waals surface area (Å²) in [6.45, 7) is 9.46. The molecular formula is C22H32N2O4. The third-order valence-electron chi connectivity index (χ3n) is 5.29. The van der Waals surface area contributed by atoms with Gasteiger partial charge in [0, 0.05) is 30.8 Å². The molecule has 1 fully saturated rings. The van der Waals surface area contributed by atoms with Crippen LogP contribution in [0.1, 0.15) is 50.9 Å². The molecular weight excluding hydrogens is 356 g/mol. The molecule has 1 aliphatic heterocycles. The second kappa shape index (κ2) is 9.13. The number of carbonyl (C=O) groups is 2. The summed E-state index contributed by atoms with van der Waals surface area (Å²) in [5.41, 5.74) is 1.60. The van der Waals surface area contributed by atoms with Gasteiger partial charge in [-0.1, -0.05) is 26.3 Å². The molecule has 0 radical (unpaired) electrons. The van der Waals surface area contributed by atoms with Gasteiger partial charge in [0.05, 0.1) is 14.2 Å². The Morgan fingerprint density at radius 1 is 1.11 bits per heavy atom. The van der Waals surface area contributed by atoms with Crippen molar-refractivity contribution in [2.45, 2.75) is 46.6 Å². The third kappa shape index (κ3) is 5.50. The Hall–Kier alpha value is -2.50. The first kappa shape index (κ1) is 21.8. The minimum Gasteiger partial charge on any atom is -0.493 e. The molecule has 1 aliphatic rings. The molecule has 0 spiro atoms. The maximum absolute atomic E-state index is 12.8. The van der Waals surface area contributed by atoms with E-state index in [0.29, 0.717) is 30.2 Å². The lowest BCUT2D eigenvalue weighted by Gasteiger charge is -2.32. The number of benzene rings is 1. The highest BCUT2D eigenvalue weighted by Gasteiger charge is 2.25. The SMILES string of the molecule is COc1ccc(C(=O)N2CCC(NC(=O)/C=C(\C)C(C)(C)C)CC2)cc1OC. The number of rotatable bonds is 5. The Labute approximate surface area is 167 Å². The number of nitrogens with zero attached hydrogens (tertiary/aromatic N) is 1. The molecule has 2 rings (SSSR count). The van der Waals surface area contributed by atoms with Crippen LogP contribution in [-0.2, 0) is 4.79 Å². The molecule has 0 atom stereocenters. The average Bonchev–Trinajstić information content (AvgIpc) is 2.66. The quantitative estimate of drug-likeness (QED) is 0.785. The predicted octanol–water partition coefficient (Wildman–Crippen LogP) is 3.42. The van der Waals surface area contributed by atoms with Crippen molar-refractivity contribution in [3.8, 4) is 11.5 Å². The Morgan fingerprint density at radius 2 is 1.71 bits per heavy atom. The predicted molar refractivity (Wildman–Crippen MR) is 110 cm³/mol. The molecule has 1 saturated heterocycles. The highest BCUT2D eigenvalue weighted by Crippen LogP contribution is 2.28. The lowest BCUT2D eigenvalue weighted by molar-refractivity contribution is -0.117. The van der Waals surface area contributed by atoms with Crippen molar-refractivity contribution in [1.29, 1.82) is 0 Å². The van der Waals surface area contributed by atoms with Crippen molar-refractivity contribution in [3.63, 3.8) is 0 Å². The van der Waals surface area contributed by atoms with Gasteiger partial charge in [-0.05, 0) is 43.4 Å². The van der Waals surface area contributed by atoms with Crippen LogP contribution in [0.3, 0.4) is 0 Å². The Kier molecular flexibility index (Phi) is 7.11. The highest BCUT2D eigenvalue weighted by atomic mass is 16.5. The molecule has 0 aliphatic carbocycles. The lowest BCUT2D eigenvalue weighted by Crippen LogP contribution is -2.46. The van der Waals surface area contributed by atoms with Gasteiger partial charge in [-0.3, -0.25) is 9.59 Å². The molecule has 1 aromatic rings. The maximum atomic E-state index is 12.8. The summed E-state index contributed by atoms with van der Waals surface area (Å²) in [4.78, 5) is 26.8. The Morgan fingerprint density at radius 3 is 2.25 bits per heavy atom. The molecule has 1 N–H and O–H groups in total. The fourth-order valence-electron chi connectivity index (χ4n) is 3.03. The average molecular weight is 389 g/mol. The van der Waals surface area contributed by atoms with Crippen LogP contribution < -0.4 is 14.8 Å². The number of nitrogens with one attached hydrogen (secondary N) is 1. The van der Waals surface area contributed by atoms with Gasteiger partial charge in [0.15, 0.2) is 11.5 Å². The molecule has 0 saturated carbocycles. The van der Waals surface area contributed by atoms with Crippen LogP contribution in [0.4, 0.5) is 0 Å². The number of hydrogen-bond acceptors (Lipinski definition) is 4. The summed E-state index contributed by atoms with van der Waals surface area (Å²) in [6, 6.07) is 5.28. The van der Waals surface area contributed by atoms with E-state index in [4.69, 9.17) is 9.47 Å². The molecule has 6 nitrogen and oxygen atoms in total. The second-order valence-corrected chi connectivity index (χ2v) is 8.22. The summed E-state index contributed by atoms with van der Waals surface area (Å²) >= 11 is 0. The van der Waals surface area contributed by atoms with E-state index in [9.17, 15) is 9.59 Å². The van der Waals surface area contributed by atoms with Crippen LogP contribution in [0.2, 0.25) is 0 Å². The molecule has 0 bridgehead atoms. The van der Waals surface area contributed by atoms with Crippen molar-refractivity contribution in [2.75, 3.05) is 27.3 Å². The van der Waals surface area contributed by atoms with Gasteiger partial charge in [-0.15, -0.1) is 0 Å². The smallest absolute Gasteiger partial charge is 0.253 e. The largest absolute Gasteiger partial charge is 0.493 e. The summed E-state index contributed by atoms with van der Waals surface area (Å²) in [7, 11) is 3.12. The van der Waals surface area contributed by atoms with Gasteiger partial charge in [-0.25, -0.2) is 0 Å². The van der Waals surface area contributed by atoms with E-state index in [-0.39, 0.29) is 23.3 Å². The minimum atomic E-state index is -0.0582. The van der Waals surface area contributed by atoms with E-state index in [1.165, 1.54) is 0 Å². The lowest BCUT2D eigenvalue weighted by atomic mass is 9.87. The number of hydrogen-bond donors (Lipinski definition) is 1. The summed E-state index contributed by atoms with van der Waals surface area (Å²) < 4.78 is 10.5. The molecule has 6 heteroatoms. The van der Waals surface area contributed by atoms with Gasteiger partial charge in [0.2, 0.25) is 5.91 Å². The van der Waals surface area contributed by atoms with Crippen molar-refractivity contribution in [3.05, 3.63) is 35.4 Å². The molecule has 154 valence electrons. The first-order valence-electron chi connectivity index (χ1n) is 9.66. The van der Waals surface area contributed by atoms with E-state index in [2.05, 4.69) is 26.1 Å². The maximum Gasteiger partial charge on any atom is 0.253 e. The van der Waals surface area contributed by atoms with E-state index < -0.39 is 0 Å². The van der Waals surface area contributed by atoms with Crippen LogP contribution in [0, 0.1) is 5.41 Å². The number of likely N-dealkylation sites (tertiary alicyclic amines) is 1. The van der Waals surface area contributed by atoms with Crippen LogP contribution in [-0.4, -0.2) is 50.1 Å². The fraction of sp³-hybridized carbons (Fsp3) is 0.545. The van der Waals surface area contributed by atoms with E-state index in [1.807, 2.05) is 11.8 Å².